The third-order valence-corrected chi connectivity index (χ3v) is 4.78. The van der Waals surface area contributed by atoms with Crippen molar-refractivity contribution in [2.75, 3.05) is 45.1 Å². The van der Waals surface area contributed by atoms with Crippen molar-refractivity contribution in [2.24, 2.45) is 4.99 Å². The van der Waals surface area contributed by atoms with E-state index in [9.17, 15) is 12.8 Å². The fraction of sp³-hybridized carbons (Fsp3) is 0.562. The number of aliphatic imine (C=N–C) groups is 1. The highest BCUT2D eigenvalue weighted by molar-refractivity contribution is 7.97. The third kappa shape index (κ3) is 9.66. The zero-order valence-electron chi connectivity index (χ0n) is 14.8. The van der Waals surface area contributed by atoms with Crippen LogP contribution in [0.2, 0.25) is 0 Å². The molecule has 0 atom stereocenters. The minimum absolute atomic E-state index is 0.0166. The number of ether oxygens (including phenoxy) is 1. The molecule has 9 heteroatoms. The Morgan fingerprint density at radius 3 is 2.68 bits per heavy atom. The largest absolute Gasteiger partial charge is 0.379 e. The summed E-state index contributed by atoms with van der Waals surface area (Å²) in [5.41, 5.74) is 1.97. The van der Waals surface area contributed by atoms with E-state index >= 15 is 0 Å². The van der Waals surface area contributed by atoms with E-state index in [1.165, 1.54) is 12.3 Å². The molecule has 0 aliphatic heterocycles. The summed E-state index contributed by atoms with van der Waals surface area (Å²) in [7, 11) is -1.33. The van der Waals surface area contributed by atoms with Gasteiger partial charge in [0.05, 0.1) is 19.0 Å². The topological polar surface area (TPSA) is 79.8 Å². The van der Waals surface area contributed by atoms with Crippen LogP contribution < -0.4 is 10.6 Å². The normalized spacial score (nSPS) is 12.2. The van der Waals surface area contributed by atoms with Gasteiger partial charge in [0.2, 0.25) is 0 Å². The number of hydrogen-bond acceptors (Lipinski definition) is 5. The molecule has 1 aromatic carbocycles. The predicted molar refractivity (Wildman–Crippen MR) is 102 cm³/mol. The zero-order valence-corrected chi connectivity index (χ0v) is 16.5. The quantitative estimate of drug-likeness (QED) is 0.357. The van der Waals surface area contributed by atoms with Crippen molar-refractivity contribution in [3.8, 4) is 0 Å². The van der Waals surface area contributed by atoms with Gasteiger partial charge < -0.3 is 15.4 Å². The van der Waals surface area contributed by atoms with Gasteiger partial charge in [-0.25, -0.2) is 12.8 Å². The first kappa shape index (κ1) is 21.7. The van der Waals surface area contributed by atoms with Crippen LogP contribution in [0, 0.1) is 5.82 Å². The Bertz CT molecular complexity index is 667. The molecule has 142 valence electrons. The Hall–Kier alpha value is -1.32. The summed E-state index contributed by atoms with van der Waals surface area (Å²) in [4.78, 5) is 4.12. The number of sulfone groups is 1. The maximum Gasteiger partial charge on any atom is 0.191 e. The molecule has 0 saturated carbocycles. The van der Waals surface area contributed by atoms with Gasteiger partial charge in [0.15, 0.2) is 5.96 Å². The molecule has 2 N–H and O–H groups in total. The van der Waals surface area contributed by atoms with Crippen LogP contribution in [0.25, 0.3) is 0 Å². The van der Waals surface area contributed by atoms with Crippen molar-refractivity contribution in [3.05, 3.63) is 35.1 Å². The first-order chi connectivity index (χ1) is 11.9. The SMILES string of the molecule is CN=C(NCCOCCS(C)(=O)=O)NCc1ccc(F)cc1CSC. The van der Waals surface area contributed by atoms with Crippen LogP contribution in [-0.2, 0) is 26.9 Å². The minimum Gasteiger partial charge on any atom is -0.379 e. The number of halogens is 1. The van der Waals surface area contributed by atoms with Gasteiger partial charge in [0.1, 0.15) is 15.7 Å². The van der Waals surface area contributed by atoms with Crippen LogP contribution in [0.3, 0.4) is 0 Å². The maximum atomic E-state index is 13.4. The molecule has 0 fully saturated rings. The second-order valence-electron chi connectivity index (χ2n) is 5.44. The summed E-state index contributed by atoms with van der Waals surface area (Å²) < 4.78 is 40.6. The van der Waals surface area contributed by atoms with Gasteiger partial charge in [-0.3, -0.25) is 4.99 Å². The molecule has 0 unspecified atom stereocenters. The van der Waals surface area contributed by atoms with Crippen molar-refractivity contribution in [3.63, 3.8) is 0 Å². The Kier molecular flexibility index (Phi) is 9.84. The molecule has 0 aliphatic carbocycles. The van der Waals surface area contributed by atoms with Crippen LogP contribution >= 0.6 is 11.8 Å². The van der Waals surface area contributed by atoms with Crippen molar-refractivity contribution >= 4 is 27.6 Å². The molecule has 6 nitrogen and oxygen atoms in total. The lowest BCUT2D eigenvalue weighted by Crippen LogP contribution is -2.38. The highest BCUT2D eigenvalue weighted by atomic mass is 32.2. The zero-order chi connectivity index (χ0) is 18.7. The molecular weight excluding hydrogens is 365 g/mol. The number of thioether (sulfide) groups is 1. The van der Waals surface area contributed by atoms with Crippen molar-refractivity contribution in [2.45, 2.75) is 12.3 Å². The standard InChI is InChI=1S/C16H26FN3O3S2/c1-18-16(19-6-7-23-8-9-25(3,21)22)20-11-13-4-5-15(17)10-14(13)12-24-2/h4-5,10H,6-9,11-12H2,1-3H3,(H2,18,19,20). The molecule has 0 saturated heterocycles. The molecule has 0 spiro atoms. The Labute approximate surface area is 153 Å². The van der Waals surface area contributed by atoms with E-state index in [-0.39, 0.29) is 18.2 Å². The Morgan fingerprint density at radius 2 is 2.04 bits per heavy atom. The summed E-state index contributed by atoms with van der Waals surface area (Å²) in [6, 6.07) is 4.78. The van der Waals surface area contributed by atoms with E-state index < -0.39 is 9.84 Å². The fourth-order valence-corrected chi connectivity index (χ4v) is 3.01. The Morgan fingerprint density at radius 1 is 1.28 bits per heavy atom. The van der Waals surface area contributed by atoms with Gasteiger partial charge in [-0.2, -0.15) is 11.8 Å². The van der Waals surface area contributed by atoms with E-state index in [1.807, 2.05) is 6.26 Å². The van der Waals surface area contributed by atoms with Crippen molar-refractivity contribution in [1.82, 2.24) is 10.6 Å². The predicted octanol–water partition coefficient (Wildman–Crippen LogP) is 1.41. The molecule has 25 heavy (non-hydrogen) atoms. The van der Waals surface area contributed by atoms with Crippen molar-refractivity contribution < 1.29 is 17.5 Å². The summed E-state index contributed by atoms with van der Waals surface area (Å²) in [5.74, 6) is 1.13. The molecule has 0 bridgehead atoms. The number of rotatable bonds is 10. The number of benzene rings is 1. The molecule has 0 aromatic heterocycles. The second-order valence-corrected chi connectivity index (χ2v) is 8.57. The highest BCUT2D eigenvalue weighted by Crippen LogP contribution is 2.16. The molecule has 0 radical (unpaired) electrons. The van der Waals surface area contributed by atoms with Gasteiger partial charge in [-0.05, 0) is 29.5 Å². The molecular formula is C16H26FN3O3S2. The lowest BCUT2D eigenvalue weighted by molar-refractivity contribution is 0.154. The molecule has 0 heterocycles. The molecule has 1 rings (SSSR count). The Balaban J connectivity index is 2.37. The van der Waals surface area contributed by atoms with Gasteiger partial charge in [-0.15, -0.1) is 0 Å². The second kappa shape index (κ2) is 11.3. The molecule has 0 aliphatic rings. The maximum absolute atomic E-state index is 13.4. The van der Waals surface area contributed by atoms with E-state index in [1.54, 1.807) is 30.9 Å². The third-order valence-electron chi connectivity index (χ3n) is 3.28. The summed E-state index contributed by atoms with van der Waals surface area (Å²) >= 11 is 1.64. The van der Waals surface area contributed by atoms with E-state index in [0.717, 1.165) is 16.9 Å². The van der Waals surface area contributed by atoms with Gasteiger partial charge >= 0.3 is 0 Å². The molecule has 1 aromatic rings. The van der Waals surface area contributed by atoms with E-state index in [0.29, 0.717) is 25.7 Å². The number of guanidine groups is 1. The number of hydrogen-bond donors (Lipinski definition) is 2. The minimum atomic E-state index is -2.99. The smallest absolute Gasteiger partial charge is 0.191 e. The summed E-state index contributed by atoms with van der Waals surface area (Å²) in [6.07, 6.45) is 3.16. The summed E-state index contributed by atoms with van der Waals surface area (Å²) in [5, 5.41) is 6.26. The van der Waals surface area contributed by atoms with Gasteiger partial charge in [-0.1, -0.05) is 6.07 Å². The van der Waals surface area contributed by atoms with Crippen molar-refractivity contribution in [1.29, 1.82) is 0 Å². The van der Waals surface area contributed by atoms with Crippen LogP contribution in [0.15, 0.2) is 23.2 Å². The lowest BCUT2D eigenvalue weighted by Gasteiger charge is -2.14. The highest BCUT2D eigenvalue weighted by Gasteiger charge is 2.06. The van der Waals surface area contributed by atoms with E-state index in [4.69, 9.17) is 4.74 Å². The van der Waals surface area contributed by atoms with E-state index in [2.05, 4.69) is 15.6 Å². The fourth-order valence-electron chi connectivity index (χ4n) is 2.01. The average Bonchev–Trinajstić information content (AvgIpc) is 2.54. The van der Waals surface area contributed by atoms with Gasteiger partial charge in [0.25, 0.3) is 0 Å². The first-order valence-corrected chi connectivity index (χ1v) is 11.3. The van der Waals surface area contributed by atoms with Crippen LogP contribution in [0.5, 0.6) is 0 Å². The first-order valence-electron chi connectivity index (χ1n) is 7.82. The van der Waals surface area contributed by atoms with Crippen LogP contribution in [0.1, 0.15) is 11.1 Å². The van der Waals surface area contributed by atoms with Gasteiger partial charge in [0, 0.05) is 32.1 Å². The van der Waals surface area contributed by atoms with Crippen LogP contribution in [0.4, 0.5) is 4.39 Å². The molecule has 0 amide bonds. The monoisotopic (exact) mass is 391 g/mol. The van der Waals surface area contributed by atoms with Crippen LogP contribution in [-0.4, -0.2) is 59.4 Å². The summed E-state index contributed by atoms with van der Waals surface area (Å²) in [6.45, 7) is 1.60. The number of nitrogens with zero attached hydrogens (tertiary/aromatic N) is 1. The number of nitrogens with one attached hydrogen (secondary N) is 2. The average molecular weight is 392 g/mol. The lowest BCUT2D eigenvalue weighted by atomic mass is 10.1.